The molecule has 5 nitrogen and oxygen atoms in total. The van der Waals surface area contributed by atoms with Crippen LogP contribution in [0.5, 0.6) is 17.2 Å². The van der Waals surface area contributed by atoms with Crippen molar-refractivity contribution in [3.05, 3.63) is 109 Å². The van der Waals surface area contributed by atoms with E-state index in [1.54, 1.807) is 19.2 Å². The van der Waals surface area contributed by atoms with Gasteiger partial charge in [0.15, 0.2) is 11.5 Å². The topological polar surface area (TPSA) is 61.8 Å². The zero-order valence-corrected chi connectivity index (χ0v) is 21.5. The van der Waals surface area contributed by atoms with Crippen molar-refractivity contribution < 1.29 is 14.2 Å². The molecule has 0 aromatic heterocycles. The summed E-state index contributed by atoms with van der Waals surface area (Å²) < 4.78 is 16.7. The first-order valence-electron chi connectivity index (χ1n) is 11.8. The predicted molar refractivity (Wildman–Crippen MR) is 141 cm³/mol. The van der Waals surface area contributed by atoms with Gasteiger partial charge < -0.3 is 14.2 Å². The van der Waals surface area contributed by atoms with E-state index in [1.165, 1.54) is 14.2 Å². The molecule has 0 N–H and O–H groups in total. The maximum absolute atomic E-state index is 13.3. The summed E-state index contributed by atoms with van der Waals surface area (Å²) >= 11 is 0. The van der Waals surface area contributed by atoms with Crippen LogP contribution in [-0.2, 0) is 0 Å². The van der Waals surface area contributed by atoms with Gasteiger partial charge in [-0.05, 0) is 52.8 Å². The van der Waals surface area contributed by atoms with Crippen molar-refractivity contribution >= 4 is 0 Å². The van der Waals surface area contributed by atoms with Crippen molar-refractivity contribution in [1.29, 1.82) is 0 Å². The first-order chi connectivity index (χ1) is 16.7. The molecule has 0 bridgehead atoms. The van der Waals surface area contributed by atoms with E-state index in [-0.39, 0.29) is 34.2 Å². The van der Waals surface area contributed by atoms with Gasteiger partial charge in [0, 0.05) is 17.0 Å². The summed E-state index contributed by atoms with van der Waals surface area (Å²) in [6.45, 7) is 8.16. The predicted octanol–water partition coefficient (Wildman–Crippen LogP) is 5.86. The summed E-state index contributed by atoms with van der Waals surface area (Å²) in [4.78, 5) is 26.5. The van der Waals surface area contributed by atoms with Crippen molar-refractivity contribution in [2.75, 3.05) is 21.3 Å². The molecule has 0 aliphatic carbocycles. The van der Waals surface area contributed by atoms with Crippen molar-refractivity contribution in [2.45, 2.75) is 45.4 Å². The first kappa shape index (κ1) is 26.0. The van der Waals surface area contributed by atoms with Crippen LogP contribution in [0.25, 0.3) is 0 Å². The standard InChI is InChI=1S/C30H34O5/c1-18(2)21-10-14-24(29(34-6)26(31)16-21)28(20-8-12-23(33-5)13-9-20)25-15-11-22(19(3)4)17-27(32)30(25)35-7/h8-19,28H,1-7H3. The molecule has 35 heavy (non-hydrogen) atoms. The second-order valence-corrected chi connectivity index (χ2v) is 9.18. The maximum atomic E-state index is 13.3. The zero-order chi connectivity index (χ0) is 25.7. The summed E-state index contributed by atoms with van der Waals surface area (Å²) in [5, 5.41) is 0. The highest BCUT2D eigenvalue weighted by Gasteiger charge is 2.26. The largest absolute Gasteiger partial charge is 0.497 e. The third-order valence-electron chi connectivity index (χ3n) is 6.29. The van der Waals surface area contributed by atoms with E-state index in [9.17, 15) is 9.59 Å². The molecule has 0 unspecified atom stereocenters. The van der Waals surface area contributed by atoms with Crippen LogP contribution in [0.3, 0.4) is 0 Å². The van der Waals surface area contributed by atoms with Gasteiger partial charge in [0.25, 0.3) is 0 Å². The van der Waals surface area contributed by atoms with Crippen LogP contribution < -0.4 is 25.1 Å². The Morgan fingerprint density at radius 2 is 0.943 bits per heavy atom. The molecule has 0 saturated carbocycles. The van der Waals surface area contributed by atoms with Crippen molar-refractivity contribution in [1.82, 2.24) is 0 Å². The fourth-order valence-corrected chi connectivity index (χ4v) is 4.27. The van der Waals surface area contributed by atoms with Gasteiger partial charge in [0.1, 0.15) is 5.75 Å². The fourth-order valence-electron chi connectivity index (χ4n) is 4.27. The molecule has 3 aromatic carbocycles. The summed E-state index contributed by atoms with van der Waals surface area (Å²) in [5.74, 6) is 1.02. The van der Waals surface area contributed by atoms with Gasteiger partial charge in [-0.2, -0.15) is 0 Å². The highest BCUT2D eigenvalue weighted by Crippen LogP contribution is 2.39. The molecule has 0 aliphatic heterocycles. The molecule has 0 spiro atoms. The van der Waals surface area contributed by atoms with E-state index in [4.69, 9.17) is 14.2 Å². The molecule has 3 aromatic rings. The minimum atomic E-state index is -0.494. The van der Waals surface area contributed by atoms with E-state index in [0.717, 1.165) is 16.7 Å². The number of rotatable bonds is 8. The van der Waals surface area contributed by atoms with E-state index in [2.05, 4.69) is 0 Å². The van der Waals surface area contributed by atoms with Gasteiger partial charge in [-0.15, -0.1) is 0 Å². The van der Waals surface area contributed by atoms with E-state index < -0.39 is 5.92 Å². The SMILES string of the molecule is COc1ccc(C(c2ccc(C(C)C)cc(=O)c2OC)c2ccc(C(C)C)cc(=O)c2OC)cc1. The molecule has 0 radical (unpaired) electrons. The molecule has 0 saturated heterocycles. The van der Waals surface area contributed by atoms with Crippen LogP contribution in [0, 0.1) is 0 Å². The Morgan fingerprint density at radius 3 is 1.29 bits per heavy atom. The summed E-state index contributed by atoms with van der Waals surface area (Å²) in [7, 11) is 4.61. The third-order valence-corrected chi connectivity index (χ3v) is 6.29. The van der Waals surface area contributed by atoms with E-state index in [0.29, 0.717) is 16.9 Å². The van der Waals surface area contributed by atoms with Gasteiger partial charge in [-0.25, -0.2) is 0 Å². The van der Waals surface area contributed by atoms with Gasteiger partial charge >= 0.3 is 0 Å². The maximum Gasteiger partial charge on any atom is 0.220 e. The molecule has 3 rings (SSSR count). The number of ether oxygens (including phenoxy) is 3. The van der Waals surface area contributed by atoms with Crippen LogP contribution in [0.2, 0.25) is 0 Å². The molecular weight excluding hydrogens is 440 g/mol. The van der Waals surface area contributed by atoms with Crippen LogP contribution in [-0.4, -0.2) is 21.3 Å². The molecule has 0 fully saturated rings. The minimum absolute atomic E-state index is 0.165. The Hall–Kier alpha value is -3.60. The van der Waals surface area contributed by atoms with Crippen LogP contribution in [0.15, 0.2) is 70.3 Å². The van der Waals surface area contributed by atoms with Crippen LogP contribution >= 0.6 is 0 Å². The lowest BCUT2D eigenvalue weighted by Crippen LogP contribution is -2.13. The number of methoxy groups -OCH3 is 3. The average Bonchev–Trinajstić information content (AvgIpc) is 3.11. The monoisotopic (exact) mass is 474 g/mol. The molecule has 5 heteroatoms. The molecule has 0 heterocycles. The lowest BCUT2D eigenvalue weighted by atomic mass is 9.85. The van der Waals surface area contributed by atoms with Crippen molar-refractivity contribution in [3.8, 4) is 17.2 Å². The summed E-state index contributed by atoms with van der Waals surface area (Å²) in [5.41, 5.74) is 3.58. The quantitative estimate of drug-likeness (QED) is 0.409. The number of hydrogen-bond acceptors (Lipinski definition) is 5. The molecular formula is C30H34O5. The van der Waals surface area contributed by atoms with Crippen molar-refractivity contribution in [3.63, 3.8) is 0 Å². The summed E-state index contributed by atoms with van der Waals surface area (Å²) in [6, 6.07) is 18.6. The molecule has 0 atom stereocenters. The molecule has 0 aliphatic rings. The Balaban J connectivity index is 2.46. The molecule has 0 amide bonds. The van der Waals surface area contributed by atoms with Crippen molar-refractivity contribution in [2.24, 2.45) is 0 Å². The highest BCUT2D eigenvalue weighted by molar-refractivity contribution is 5.54. The zero-order valence-electron chi connectivity index (χ0n) is 21.5. The van der Waals surface area contributed by atoms with E-state index >= 15 is 0 Å². The lowest BCUT2D eigenvalue weighted by molar-refractivity contribution is 0.399. The first-order valence-corrected chi connectivity index (χ1v) is 11.8. The normalized spacial score (nSPS) is 11.1. The smallest absolute Gasteiger partial charge is 0.220 e. The van der Waals surface area contributed by atoms with Crippen LogP contribution in [0.1, 0.15) is 73.3 Å². The highest BCUT2D eigenvalue weighted by atomic mass is 16.5. The number of hydrogen-bond donors (Lipinski definition) is 0. The van der Waals surface area contributed by atoms with Gasteiger partial charge in [0.2, 0.25) is 10.9 Å². The second kappa shape index (κ2) is 11.2. The second-order valence-electron chi connectivity index (χ2n) is 9.18. The summed E-state index contributed by atoms with van der Waals surface area (Å²) in [6.07, 6.45) is 0. The Kier molecular flexibility index (Phi) is 8.34. The Bertz CT molecular complexity index is 1210. The number of benzene rings is 1. The fraction of sp³-hybridized carbons (Fsp3) is 0.333. The third kappa shape index (κ3) is 5.56. The van der Waals surface area contributed by atoms with Gasteiger partial charge in [0.05, 0.1) is 21.3 Å². The van der Waals surface area contributed by atoms with E-state index in [1.807, 2.05) is 76.2 Å². The Morgan fingerprint density at radius 1 is 0.543 bits per heavy atom. The Labute approximate surface area is 207 Å². The lowest BCUT2D eigenvalue weighted by Gasteiger charge is -2.21. The average molecular weight is 475 g/mol. The minimum Gasteiger partial charge on any atom is -0.497 e. The van der Waals surface area contributed by atoms with Gasteiger partial charge in [-0.1, -0.05) is 64.1 Å². The van der Waals surface area contributed by atoms with Crippen LogP contribution in [0.4, 0.5) is 0 Å². The molecule has 184 valence electrons. The van der Waals surface area contributed by atoms with Gasteiger partial charge in [-0.3, -0.25) is 9.59 Å².